The third-order valence-electron chi connectivity index (χ3n) is 14.6. The van der Waals surface area contributed by atoms with Gasteiger partial charge in [0.25, 0.3) is 0 Å². The van der Waals surface area contributed by atoms with Crippen molar-refractivity contribution in [3.05, 3.63) is 291 Å². The summed E-state index contributed by atoms with van der Waals surface area (Å²) in [6.45, 7) is 0. The van der Waals surface area contributed by atoms with Crippen LogP contribution in [0.5, 0.6) is 0 Å². The van der Waals surface area contributed by atoms with Crippen LogP contribution in [-0.4, -0.2) is 19.1 Å². The lowest BCUT2D eigenvalue weighted by Gasteiger charge is -2.42. The molecular weight excluding hydrogens is 929 g/mol. The highest BCUT2D eigenvalue weighted by Crippen LogP contribution is 2.73. The molecule has 5 heteroatoms. The zero-order valence-electron chi connectivity index (χ0n) is 40.9. The van der Waals surface area contributed by atoms with Crippen molar-refractivity contribution in [2.75, 3.05) is 0 Å². The van der Waals surface area contributed by atoms with Crippen molar-refractivity contribution < 1.29 is 0 Å². The van der Waals surface area contributed by atoms with Gasteiger partial charge in [0, 0.05) is 57.9 Å². The largest absolute Gasteiger partial charge is 0.309 e. The van der Waals surface area contributed by atoms with E-state index in [-0.39, 0.29) is 0 Å². The zero-order valence-corrected chi connectivity index (χ0v) is 41.7. The second-order valence-corrected chi connectivity index (χ2v) is 22.1. The number of hydrogen-bond acceptors (Lipinski definition) is 2. The summed E-state index contributed by atoms with van der Waals surface area (Å²) < 4.78 is 4.66. The molecule has 0 radical (unpaired) electrons. The minimum atomic E-state index is -1.99. The van der Waals surface area contributed by atoms with Crippen LogP contribution in [0.2, 0.25) is 0 Å². The Morgan fingerprint density at radius 1 is 0.240 bits per heavy atom. The lowest BCUT2D eigenvalue weighted by Crippen LogP contribution is -2.06. The SMILES string of the molecule is c1ccc(-c2cc(-c3ccccc3)cc(-c3cc(-c4cccc(S(c5ccccc5)(c5ccccc5)c5ccccc5)c4)nc(-n4c5ccccc5c5cc(-n6c7ccccc7c7ccccc76)ccc54)n3)c2)cc1. The fourth-order valence-electron chi connectivity index (χ4n) is 11.3. The van der Waals surface area contributed by atoms with Crippen molar-refractivity contribution in [2.45, 2.75) is 19.6 Å². The molecule has 0 bridgehead atoms. The van der Waals surface area contributed by atoms with E-state index in [1.54, 1.807) is 0 Å². The highest BCUT2D eigenvalue weighted by Gasteiger charge is 2.33. The Morgan fingerprint density at radius 3 is 1.15 bits per heavy atom. The van der Waals surface area contributed by atoms with Crippen LogP contribution in [0, 0.1) is 0 Å². The normalized spacial score (nSPS) is 11.9. The fourth-order valence-corrected chi connectivity index (χ4v) is 15.2. The molecule has 0 unspecified atom stereocenters. The van der Waals surface area contributed by atoms with E-state index in [4.69, 9.17) is 9.97 Å². The third kappa shape index (κ3) is 7.55. The highest BCUT2D eigenvalue weighted by molar-refractivity contribution is 8.34. The van der Waals surface area contributed by atoms with Gasteiger partial charge in [-0.2, -0.15) is 0 Å². The van der Waals surface area contributed by atoms with E-state index in [0.717, 1.165) is 72.3 Å². The summed E-state index contributed by atoms with van der Waals surface area (Å²) in [7, 11) is -1.99. The zero-order chi connectivity index (χ0) is 49.7. The number of aromatic nitrogens is 4. The van der Waals surface area contributed by atoms with Crippen molar-refractivity contribution in [1.82, 2.24) is 19.1 Å². The van der Waals surface area contributed by atoms with Crippen molar-refractivity contribution in [1.29, 1.82) is 0 Å². The lowest BCUT2D eigenvalue weighted by molar-refractivity contribution is 0.995. The first-order valence-electron chi connectivity index (χ1n) is 25.5. The summed E-state index contributed by atoms with van der Waals surface area (Å²) in [5, 5.41) is 4.73. The highest BCUT2D eigenvalue weighted by atomic mass is 32.3. The molecule has 75 heavy (non-hydrogen) atoms. The Labute approximate surface area is 437 Å². The molecule has 0 atom stereocenters. The average Bonchev–Trinajstić information content (AvgIpc) is 4.04. The Bertz CT molecular complexity index is 4190. The maximum Gasteiger partial charge on any atom is 0.235 e. The maximum atomic E-state index is 5.68. The second-order valence-electron chi connectivity index (χ2n) is 19.0. The first kappa shape index (κ1) is 44.2. The first-order valence-corrected chi connectivity index (χ1v) is 27.1. The van der Waals surface area contributed by atoms with Gasteiger partial charge >= 0.3 is 0 Å². The molecule has 3 aromatic heterocycles. The van der Waals surface area contributed by atoms with Gasteiger partial charge in [0.2, 0.25) is 5.95 Å². The van der Waals surface area contributed by atoms with Crippen LogP contribution >= 0.6 is 10.0 Å². The molecule has 0 N–H and O–H groups in total. The third-order valence-corrected chi connectivity index (χ3v) is 18.5. The number of fused-ring (bicyclic) bond motifs is 6. The molecule has 0 spiro atoms. The number of nitrogens with zero attached hydrogens (tertiary/aromatic N) is 4. The Morgan fingerprint density at radius 2 is 0.627 bits per heavy atom. The van der Waals surface area contributed by atoms with Crippen LogP contribution in [0.25, 0.3) is 100 Å². The molecule has 0 saturated carbocycles. The van der Waals surface area contributed by atoms with E-state index in [0.29, 0.717) is 5.95 Å². The minimum absolute atomic E-state index is 0.600. The molecule has 0 aliphatic carbocycles. The summed E-state index contributed by atoms with van der Waals surface area (Å²) in [6.07, 6.45) is 0. The van der Waals surface area contributed by atoms with E-state index in [9.17, 15) is 0 Å². The van der Waals surface area contributed by atoms with Crippen LogP contribution in [0.1, 0.15) is 0 Å². The summed E-state index contributed by atoms with van der Waals surface area (Å²) in [4.78, 5) is 16.4. The van der Waals surface area contributed by atoms with E-state index >= 15 is 0 Å². The Kier molecular flexibility index (Phi) is 10.9. The van der Waals surface area contributed by atoms with Crippen LogP contribution < -0.4 is 0 Å². The van der Waals surface area contributed by atoms with E-state index in [2.05, 4.69) is 300 Å². The van der Waals surface area contributed by atoms with Gasteiger partial charge in [-0.15, -0.1) is 10.0 Å². The van der Waals surface area contributed by atoms with Gasteiger partial charge < -0.3 is 4.57 Å². The van der Waals surface area contributed by atoms with E-state index in [1.165, 1.54) is 41.4 Å². The molecule has 14 rings (SSSR count). The quantitative estimate of drug-likeness (QED) is 0.137. The fraction of sp³-hybridized carbons (Fsp3) is 0. The molecule has 0 saturated heterocycles. The second kappa shape index (κ2) is 18.5. The van der Waals surface area contributed by atoms with Crippen molar-refractivity contribution in [3.8, 4) is 56.4 Å². The van der Waals surface area contributed by atoms with Gasteiger partial charge in [-0.05, 0) is 131 Å². The predicted molar refractivity (Wildman–Crippen MR) is 312 cm³/mol. The number of para-hydroxylation sites is 3. The number of benzene rings is 11. The standard InChI is InChI=1S/C70H48N4S/c1-6-23-49(24-7-1)52-43-53(50-25-8-2-9-26-50)45-54(44-52)65-48-64(51-27-22-34-59(46-51)75(56-28-10-3-11-29-56,57-30-12-4-13-31-57)58-32-14-5-15-33-58)71-70(72-65)74-68-40-21-18-37-62(68)63-47-55(41-42-69(63)74)73-66-38-19-16-35-60(66)61-36-17-20-39-67(61)73/h1-48H. The Hall–Kier alpha value is -9.55. The first-order chi connectivity index (χ1) is 37.2. The van der Waals surface area contributed by atoms with Crippen LogP contribution in [0.4, 0.5) is 0 Å². The minimum Gasteiger partial charge on any atom is -0.309 e. The molecule has 4 nitrogen and oxygen atoms in total. The smallest absolute Gasteiger partial charge is 0.235 e. The van der Waals surface area contributed by atoms with E-state index in [1.807, 2.05) is 0 Å². The molecule has 0 aliphatic rings. The van der Waals surface area contributed by atoms with Crippen molar-refractivity contribution >= 4 is 53.6 Å². The van der Waals surface area contributed by atoms with Gasteiger partial charge in [0.1, 0.15) is 0 Å². The predicted octanol–water partition coefficient (Wildman–Crippen LogP) is 18.7. The summed E-state index contributed by atoms with van der Waals surface area (Å²) >= 11 is 0. The van der Waals surface area contributed by atoms with Crippen molar-refractivity contribution in [2.24, 2.45) is 0 Å². The summed E-state index contributed by atoms with van der Waals surface area (Å²) in [6, 6.07) is 106. The molecule has 0 aliphatic heterocycles. The molecule has 11 aromatic carbocycles. The van der Waals surface area contributed by atoms with Crippen LogP contribution in [0.3, 0.4) is 0 Å². The van der Waals surface area contributed by atoms with Gasteiger partial charge in [-0.1, -0.05) is 182 Å². The molecule has 14 aromatic rings. The average molecular weight is 977 g/mol. The number of rotatable bonds is 10. The number of hydrogen-bond donors (Lipinski definition) is 0. The van der Waals surface area contributed by atoms with Crippen molar-refractivity contribution in [3.63, 3.8) is 0 Å². The van der Waals surface area contributed by atoms with Gasteiger partial charge in [0.05, 0.1) is 33.5 Å². The molecular formula is C70H48N4S. The van der Waals surface area contributed by atoms with Gasteiger partial charge in [-0.3, -0.25) is 4.57 Å². The Balaban J connectivity index is 1.03. The summed E-state index contributed by atoms with van der Waals surface area (Å²) in [5.41, 5.74) is 13.7. The van der Waals surface area contributed by atoms with Gasteiger partial charge in [0.15, 0.2) is 0 Å². The molecule has 354 valence electrons. The monoisotopic (exact) mass is 976 g/mol. The van der Waals surface area contributed by atoms with Crippen LogP contribution in [0.15, 0.2) is 311 Å². The molecule has 0 fully saturated rings. The van der Waals surface area contributed by atoms with Crippen LogP contribution in [-0.2, 0) is 0 Å². The molecule has 3 heterocycles. The van der Waals surface area contributed by atoms with E-state index < -0.39 is 10.0 Å². The topological polar surface area (TPSA) is 35.6 Å². The van der Waals surface area contributed by atoms with Gasteiger partial charge in [-0.25, -0.2) is 9.97 Å². The summed E-state index contributed by atoms with van der Waals surface area (Å²) in [5.74, 6) is 0.600. The molecule has 0 amide bonds. The lowest BCUT2D eigenvalue weighted by atomic mass is 9.94. The maximum absolute atomic E-state index is 5.68.